The summed E-state index contributed by atoms with van der Waals surface area (Å²) in [5, 5.41) is 21.6. The van der Waals surface area contributed by atoms with Gasteiger partial charge in [0.15, 0.2) is 0 Å². The highest BCUT2D eigenvalue weighted by molar-refractivity contribution is 14.1. The van der Waals surface area contributed by atoms with Gasteiger partial charge in [0.05, 0.1) is 8.27 Å². The van der Waals surface area contributed by atoms with Gasteiger partial charge in [-0.3, -0.25) is 0 Å². The molecule has 4 heteroatoms. The molecule has 1 heterocycles. The van der Waals surface area contributed by atoms with E-state index in [1.165, 1.54) is 17.4 Å². The second-order valence-electron chi connectivity index (χ2n) is 2.39. The maximum atomic E-state index is 9.41. The van der Waals surface area contributed by atoms with Crippen LogP contribution in [0.25, 0.3) is 10.1 Å². The molecule has 0 aliphatic rings. The first kappa shape index (κ1) is 8.12. The van der Waals surface area contributed by atoms with Crippen LogP contribution >= 0.6 is 33.9 Å². The summed E-state index contributed by atoms with van der Waals surface area (Å²) in [4.78, 5) is 0. The van der Waals surface area contributed by atoms with E-state index in [0.29, 0.717) is 0 Å². The summed E-state index contributed by atoms with van der Waals surface area (Å²) in [5.74, 6) is 0.289. The van der Waals surface area contributed by atoms with Crippen molar-refractivity contribution in [3.8, 4) is 11.5 Å². The molecule has 0 unspecified atom stereocenters. The fourth-order valence-corrected chi connectivity index (χ4v) is 2.68. The fraction of sp³-hybridized carbons (Fsp3) is 0. The molecule has 0 radical (unpaired) electrons. The Labute approximate surface area is 86.6 Å². The lowest BCUT2D eigenvalue weighted by Gasteiger charge is -2.00. The maximum absolute atomic E-state index is 9.41. The Balaban J connectivity index is 2.97. The summed E-state index contributed by atoms with van der Waals surface area (Å²) in [6.07, 6.45) is 0. The average Bonchev–Trinajstić information content (AvgIpc) is 2.48. The normalized spacial score (nSPS) is 10.8. The second kappa shape index (κ2) is 2.77. The smallest absolute Gasteiger partial charge is 0.137 e. The van der Waals surface area contributed by atoms with Crippen molar-refractivity contribution in [2.45, 2.75) is 0 Å². The van der Waals surface area contributed by atoms with E-state index < -0.39 is 0 Å². The van der Waals surface area contributed by atoms with E-state index in [0.717, 1.165) is 13.7 Å². The molecular formula is C8H5IO2S. The third-order valence-corrected chi connectivity index (χ3v) is 3.70. The second-order valence-corrected chi connectivity index (χ2v) is 4.39. The summed E-state index contributed by atoms with van der Waals surface area (Å²) >= 11 is 3.53. The largest absolute Gasteiger partial charge is 0.507 e. The van der Waals surface area contributed by atoms with Gasteiger partial charge in [0, 0.05) is 11.5 Å². The third-order valence-electron chi connectivity index (χ3n) is 1.63. The van der Waals surface area contributed by atoms with E-state index in [1.54, 1.807) is 0 Å². The summed E-state index contributed by atoms with van der Waals surface area (Å²) in [6, 6.07) is 3.27. The number of phenolic OH excluding ortho intramolecular Hbond substituents is 2. The van der Waals surface area contributed by atoms with Crippen LogP contribution in [0.4, 0.5) is 0 Å². The Kier molecular flexibility index (Phi) is 1.88. The number of halogens is 1. The molecule has 0 bridgehead atoms. The molecular weight excluding hydrogens is 287 g/mol. The summed E-state index contributed by atoms with van der Waals surface area (Å²) in [5.41, 5.74) is 0. The molecule has 1 aromatic carbocycles. The lowest BCUT2D eigenvalue weighted by molar-refractivity contribution is 0.453. The Hall–Kier alpha value is -0.490. The molecule has 1 aromatic heterocycles. The van der Waals surface area contributed by atoms with Gasteiger partial charge in [0.25, 0.3) is 0 Å². The molecule has 0 saturated carbocycles. The number of aromatic hydroxyl groups is 2. The first-order valence-electron chi connectivity index (χ1n) is 3.28. The number of hydrogen-bond acceptors (Lipinski definition) is 3. The molecule has 2 rings (SSSR count). The van der Waals surface area contributed by atoms with Crippen molar-refractivity contribution in [2.24, 2.45) is 0 Å². The van der Waals surface area contributed by atoms with Crippen LogP contribution < -0.4 is 0 Å². The molecule has 2 nitrogen and oxygen atoms in total. The van der Waals surface area contributed by atoms with Crippen LogP contribution in [0.2, 0.25) is 0 Å². The highest BCUT2D eigenvalue weighted by Crippen LogP contribution is 2.38. The zero-order valence-electron chi connectivity index (χ0n) is 5.91. The lowest BCUT2D eigenvalue weighted by Crippen LogP contribution is -1.75. The quantitative estimate of drug-likeness (QED) is 0.733. The van der Waals surface area contributed by atoms with E-state index in [1.807, 2.05) is 11.4 Å². The van der Waals surface area contributed by atoms with E-state index in [4.69, 9.17) is 0 Å². The van der Waals surface area contributed by atoms with Crippen LogP contribution in [0.1, 0.15) is 0 Å². The summed E-state index contributed by atoms with van der Waals surface area (Å²) in [6.45, 7) is 0. The Bertz CT molecular complexity index is 436. The molecule has 0 aliphatic carbocycles. The van der Waals surface area contributed by atoms with E-state index >= 15 is 0 Å². The van der Waals surface area contributed by atoms with Crippen molar-refractivity contribution < 1.29 is 10.2 Å². The average molecular weight is 292 g/mol. The van der Waals surface area contributed by atoms with Gasteiger partial charge in [0.2, 0.25) is 0 Å². The minimum absolute atomic E-state index is 0.138. The topological polar surface area (TPSA) is 40.5 Å². The molecule has 0 saturated heterocycles. The maximum Gasteiger partial charge on any atom is 0.137 e. The minimum Gasteiger partial charge on any atom is -0.507 e. The van der Waals surface area contributed by atoms with Crippen molar-refractivity contribution in [2.75, 3.05) is 0 Å². The Morgan fingerprint density at radius 2 is 2.00 bits per heavy atom. The lowest BCUT2D eigenvalue weighted by atomic mass is 10.2. The van der Waals surface area contributed by atoms with Gasteiger partial charge < -0.3 is 10.2 Å². The number of hydrogen-bond donors (Lipinski definition) is 2. The molecule has 0 aliphatic heterocycles. The Morgan fingerprint density at radius 3 is 2.75 bits per heavy atom. The first-order chi connectivity index (χ1) is 5.70. The number of thiophene rings is 1. The van der Waals surface area contributed by atoms with Gasteiger partial charge in [0.1, 0.15) is 11.5 Å². The molecule has 0 spiro atoms. The molecule has 2 N–H and O–H groups in total. The molecule has 0 amide bonds. The SMILES string of the molecule is Oc1cc(O)c2sccc2c1I. The Morgan fingerprint density at radius 1 is 1.25 bits per heavy atom. The number of fused-ring (bicyclic) bond motifs is 1. The van der Waals surface area contributed by atoms with Gasteiger partial charge in [-0.25, -0.2) is 0 Å². The van der Waals surface area contributed by atoms with Crippen LogP contribution in [-0.4, -0.2) is 10.2 Å². The van der Waals surface area contributed by atoms with Crippen molar-refractivity contribution in [1.82, 2.24) is 0 Å². The predicted octanol–water partition coefficient (Wildman–Crippen LogP) is 2.92. The highest BCUT2D eigenvalue weighted by Gasteiger charge is 2.09. The van der Waals surface area contributed by atoms with E-state index in [9.17, 15) is 10.2 Å². The monoisotopic (exact) mass is 292 g/mol. The zero-order valence-corrected chi connectivity index (χ0v) is 8.89. The molecule has 62 valence electrons. The standard InChI is InChI=1S/C8H5IO2S/c9-7-4-1-2-12-8(4)6(11)3-5(7)10/h1-3,10-11H. The molecule has 12 heavy (non-hydrogen) atoms. The van der Waals surface area contributed by atoms with Crippen LogP contribution in [0.5, 0.6) is 11.5 Å². The number of rotatable bonds is 0. The van der Waals surface area contributed by atoms with E-state index in [2.05, 4.69) is 22.6 Å². The van der Waals surface area contributed by atoms with Crippen LogP contribution in [0, 0.1) is 3.57 Å². The van der Waals surface area contributed by atoms with Crippen molar-refractivity contribution in [1.29, 1.82) is 0 Å². The van der Waals surface area contributed by atoms with Gasteiger partial charge >= 0.3 is 0 Å². The van der Waals surface area contributed by atoms with Gasteiger partial charge in [-0.15, -0.1) is 11.3 Å². The summed E-state index contributed by atoms with van der Waals surface area (Å²) in [7, 11) is 0. The van der Waals surface area contributed by atoms with Crippen molar-refractivity contribution >= 4 is 44.0 Å². The van der Waals surface area contributed by atoms with Crippen molar-refractivity contribution in [3.05, 3.63) is 21.1 Å². The van der Waals surface area contributed by atoms with Gasteiger partial charge in [-0.1, -0.05) is 0 Å². The van der Waals surface area contributed by atoms with Gasteiger partial charge in [-0.2, -0.15) is 0 Å². The molecule has 0 fully saturated rings. The molecule has 0 atom stereocenters. The van der Waals surface area contributed by atoms with Crippen molar-refractivity contribution in [3.63, 3.8) is 0 Å². The van der Waals surface area contributed by atoms with E-state index in [-0.39, 0.29) is 11.5 Å². The minimum atomic E-state index is 0.138. The van der Waals surface area contributed by atoms with Crippen LogP contribution in [-0.2, 0) is 0 Å². The predicted molar refractivity (Wildman–Crippen MR) is 57.9 cm³/mol. The number of benzene rings is 1. The van der Waals surface area contributed by atoms with Crippen LogP contribution in [0.3, 0.4) is 0 Å². The first-order valence-corrected chi connectivity index (χ1v) is 5.23. The highest BCUT2D eigenvalue weighted by atomic mass is 127. The molecule has 2 aromatic rings. The zero-order chi connectivity index (χ0) is 8.72. The van der Waals surface area contributed by atoms with Crippen LogP contribution in [0.15, 0.2) is 17.5 Å². The van der Waals surface area contributed by atoms with Gasteiger partial charge in [-0.05, 0) is 34.0 Å². The summed E-state index contributed by atoms with van der Waals surface area (Å²) < 4.78 is 1.62. The number of phenols is 2. The third kappa shape index (κ3) is 1.06. The fourth-order valence-electron chi connectivity index (χ4n) is 1.08.